The van der Waals surface area contributed by atoms with E-state index >= 15 is 0 Å². The first-order valence-corrected chi connectivity index (χ1v) is 6.83. The van der Waals surface area contributed by atoms with E-state index in [9.17, 15) is 4.79 Å². The summed E-state index contributed by atoms with van der Waals surface area (Å²) in [7, 11) is 0. The van der Waals surface area contributed by atoms with Crippen LogP contribution in [0.4, 0.5) is 0 Å². The number of aliphatic hydroxyl groups excluding tert-OH is 1. The molecule has 0 saturated heterocycles. The number of carbonyl (C=O) groups excluding carboxylic acids is 1. The van der Waals surface area contributed by atoms with Crippen molar-refractivity contribution in [3.8, 4) is 0 Å². The van der Waals surface area contributed by atoms with Crippen LogP contribution in [0.25, 0.3) is 0 Å². The van der Waals surface area contributed by atoms with Crippen molar-refractivity contribution in [2.24, 2.45) is 0 Å². The predicted octanol–water partition coefficient (Wildman–Crippen LogP) is 1.40. The van der Waals surface area contributed by atoms with Gasteiger partial charge in [0.25, 0.3) is 0 Å². The van der Waals surface area contributed by atoms with E-state index < -0.39 is 0 Å². The summed E-state index contributed by atoms with van der Waals surface area (Å²) in [4.78, 5) is 13.8. The Labute approximate surface area is 115 Å². The van der Waals surface area contributed by atoms with E-state index in [0.29, 0.717) is 25.7 Å². The monoisotopic (exact) mass is 264 g/mol. The van der Waals surface area contributed by atoms with Crippen LogP contribution in [0.5, 0.6) is 0 Å². The minimum Gasteiger partial charge on any atom is -0.395 e. The first-order chi connectivity index (χ1) is 9.17. The number of benzene rings is 1. The molecule has 2 N–H and O–H groups in total. The Morgan fingerprint density at radius 3 is 2.63 bits per heavy atom. The van der Waals surface area contributed by atoms with E-state index in [1.165, 1.54) is 0 Å². The second-order valence-corrected chi connectivity index (χ2v) is 4.71. The number of amides is 1. The Morgan fingerprint density at radius 1 is 1.37 bits per heavy atom. The van der Waals surface area contributed by atoms with Gasteiger partial charge in [-0.3, -0.25) is 4.79 Å². The van der Waals surface area contributed by atoms with Gasteiger partial charge in [0.15, 0.2) is 0 Å². The Morgan fingerprint density at radius 2 is 2.05 bits per heavy atom. The highest BCUT2D eigenvalue weighted by Gasteiger charge is 2.13. The van der Waals surface area contributed by atoms with Gasteiger partial charge in [-0.1, -0.05) is 37.3 Å². The van der Waals surface area contributed by atoms with Crippen LogP contribution in [0.2, 0.25) is 0 Å². The minimum atomic E-state index is -0.0120. The molecular formula is C15H24N2O2. The van der Waals surface area contributed by atoms with Gasteiger partial charge in [-0.2, -0.15) is 0 Å². The van der Waals surface area contributed by atoms with Crippen molar-refractivity contribution in [2.45, 2.75) is 32.9 Å². The lowest BCUT2D eigenvalue weighted by molar-refractivity contribution is -0.131. The van der Waals surface area contributed by atoms with Gasteiger partial charge >= 0.3 is 0 Å². The average Bonchev–Trinajstić information content (AvgIpc) is 2.45. The summed E-state index contributed by atoms with van der Waals surface area (Å²) >= 11 is 0. The molecule has 106 valence electrons. The maximum Gasteiger partial charge on any atom is 0.236 e. The third-order valence-electron chi connectivity index (χ3n) is 3.15. The van der Waals surface area contributed by atoms with E-state index in [4.69, 9.17) is 5.11 Å². The molecular weight excluding hydrogens is 240 g/mol. The lowest BCUT2D eigenvalue weighted by Gasteiger charge is -2.23. The molecule has 0 aliphatic heterocycles. The zero-order chi connectivity index (χ0) is 14.1. The van der Waals surface area contributed by atoms with Gasteiger partial charge < -0.3 is 15.3 Å². The summed E-state index contributed by atoms with van der Waals surface area (Å²) in [5.74, 6) is 0.0261. The fourth-order valence-corrected chi connectivity index (χ4v) is 1.73. The second kappa shape index (κ2) is 8.67. The lowest BCUT2D eigenvalue weighted by atomic mass is 10.2. The molecule has 19 heavy (non-hydrogen) atoms. The normalized spacial score (nSPS) is 12.2. The van der Waals surface area contributed by atoms with Crippen LogP contribution in [0, 0.1) is 0 Å². The van der Waals surface area contributed by atoms with Crippen molar-refractivity contribution in [3.63, 3.8) is 0 Å². The highest BCUT2D eigenvalue weighted by molar-refractivity contribution is 5.78. The van der Waals surface area contributed by atoms with Crippen LogP contribution in [0.15, 0.2) is 30.3 Å². The molecule has 0 spiro atoms. The number of aliphatic hydroxyl groups is 1. The van der Waals surface area contributed by atoms with Crippen molar-refractivity contribution in [2.75, 3.05) is 19.7 Å². The molecule has 4 nitrogen and oxygen atoms in total. The topological polar surface area (TPSA) is 52.6 Å². The van der Waals surface area contributed by atoms with Crippen molar-refractivity contribution >= 4 is 5.91 Å². The van der Waals surface area contributed by atoms with Crippen molar-refractivity contribution in [1.29, 1.82) is 0 Å². The number of rotatable bonds is 8. The molecule has 1 atom stereocenters. The zero-order valence-corrected chi connectivity index (χ0v) is 11.8. The number of hydrogen-bond donors (Lipinski definition) is 2. The summed E-state index contributed by atoms with van der Waals surface area (Å²) in [5.41, 5.74) is 1.08. The molecule has 0 aliphatic rings. The van der Waals surface area contributed by atoms with E-state index in [-0.39, 0.29) is 12.5 Å². The van der Waals surface area contributed by atoms with Crippen molar-refractivity contribution < 1.29 is 9.90 Å². The van der Waals surface area contributed by atoms with Gasteiger partial charge in [0.05, 0.1) is 13.2 Å². The third-order valence-corrected chi connectivity index (χ3v) is 3.15. The molecule has 1 aromatic carbocycles. The standard InChI is InChI=1S/C15H24N2O2/c1-3-13(2)16-11-15(19)17(9-10-18)12-14-7-5-4-6-8-14/h4-8,13,16,18H,3,9-12H2,1-2H3. The molecule has 0 fully saturated rings. The summed E-state index contributed by atoms with van der Waals surface area (Å²) in [6, 6.07) is 10.2. The summed E-state index contributed by atoms with van der Waals surface area (Å²) in [6.45, 7) is 5.36. The molecule has 1 rings (SSSR count). The maximum atomic E-state index is 12.1. The second-order valence-electron chi connectivity index (χ2n) is 4.71. The number of nitrogens with zero attached hydrogens (tertiary/aromatic N) is 1. The molecule has 1 unspecified atom stereocenters. The van der Waals surface area contributed by atoms with Crippen LogP contribution in [0.3, 0.4) is 0 Å². The molecule has 4 heteroatoms. The molecule has 1 amide bonds. The molecule has 0 aliphatic carbocycles. The molecule has 0 radical (unpaired) electrons. The minimum absolute atomic E-state index is 0.0120. The third kappa shape index (κ3) is 5.85. The fraction of sp³-hybridized carbons (Fsp3) is 0.533. The van der Waals surface area contributed by atoms with Crippen LogP contribution in [-0.4, -0.2) is 41.7 Å². The van der Waals surface area contributed by atoms with E-state index in [0.717, 1.165) is 12.0 Å². The molecule has 1 aromatic rings. The van der Waals surface area contributed by atoms with Crippen LogP contribution >= 0.6 is 0 Å². The largest absolute Gasteiger partial charge is 0.395 e. The van der Waals surface area contributed by atoms with E-state index in [2.05, 4.69) is 19.2 Å². The molecule has 0 bridgehead atoms. The number of nitrogens with one attached hydrogen (secondary N) is 1. The first-order valence-electron chi connectivity index (χ1n) is 6.83. The summed E-state index contributed by atoms with van der Waals surface area (Å²) in [6.07, 6.45) is 0.992. The fourth-order valence-electron chi connectivity index (χ4n) is 1.73. The van der Waals surface area contributed by atoms with Gasteiger partial charge in [-0.05, 0) is 18.9 Å². The zero-order valence-electron chi connectivity index (χ0n) is 11.8. The highest BCUT2D eigenvalue weighted by Crippen LogP contribution is 2.04. The maximum absolute atomic E-state index is 12.1. The number of carbonyl (C=O) groups is 1. The lowest BCUT2D eigenvalue weighted by Crippen LogP contribution is -2.41. The van der Waals surface area contributed by atoms with Gasteiger partial charge in [0.1, 0.15) is 0 Å². The quantitative estimate of drug-likeness (QED) is 0.746. The van der Waals surface area contributed by atoms with Gasteiger partial charge in [0.2, 0.25) is 5.91 Å². The molecule has 0 heterocycles. The van der Waals surface area contributed by atoms with Gasteiger partial charge in [-0.25, -0.2) is 0 Å². The highest BCUT2D eigenvalue weighted by atomic mass is 16.3. The average molecular weight is 264 g/mol. The smallest absolute Gasteiger partial charge is 0.236 e. The van der Waals surface area contributed by atoms with Gasteiger partial charge in [-0.15, -0.1) is 0 Å². The van der Waals surface area contributed by atoms with E-state index in [1.54, 1.807) is 4.90 Å². The van der Waals surface area contributed by atoms with Crippen LogP contribution in [0.1, 0.15) is 25.8 Å². The SMILES string of the molecule is CCC(C)NCC(=O)N(CCO)Cc1ccccc1. The Bertz CT molecular complexity index is 368. The van der Waals surface area contributed by atoms with E-state index in [1.807, 2.05) is 30.3 Å². The van der Waals surface area contributed by atoms with Crippen molar-refractivity contribution in [1.82, 2.24) is 10.2 Å². The molecule has 0 aromatic heterocycles. The Hall–Kier alpha value is -1.39. The Kier molecular flexibility index (Phi) is 7.15. The summed E-state index contributed by atoms with van der Waals surface area (Å²) in [5, 5.41) is 12.3. The first kappa shape index (κ1) is 15.7. The van der Waals surface area contributed by atoms with Gasteiger partial charge in [0, 0.05) is 19.1 Å². The van der Waals surface area contributed by atoms with Crippen molar-refractivity contribution in [3.05, 3.63) is 35.9 Å². The summed E-state index contributed by atoms with van der Waals surface area (Å²) < 4.78 is 0. The van der Waals surface area contributed by atoms with Crippen LogP contribution < -0.4 is 5.32 Å². The Balaban J connectivity index is 2.54. The van der Waals surface area contributed by atoms with Crippen LogP contribution in [-0.2, 0) is 11.3 Å². The predicted molar refractivity (Wildman–Crippen MR) is 76.7 cm³/mol. The molecule has 0 saturated carbocycles. The number of hydrogen-bond acceptors (Lipinski definition) is 3.